The molecule has 0 unspecified atom stereocenters. The predicted molar refractivity (Wildman–Crippen MR) is 148 cm³/mol. The Labute approximate surface area is 229 Å². The number of morpholine rings is 1. The second-order valence-corrected chi connectivity index (χ2v) is 10.8. The number of ether oxygens (including phenoxy) is 1. The van der Waals surface area contributed by atoms with E-state index in [0.717, 1.165) is 24.0 Å². The zero-order valence-electron chi connectivity index (χ0n) is 22.5. The van der Waals surface area contributed by atoms with Crippen LogP contribution < -0.4 is 4.90 Å². The number of amides is 2. The summed E-state index contributed by atoms with van der Waals surface area (Å²) in [5.74, 6) is 0.151. The summed E-state index contributed by atoms with van der Waals surface area (Å²) in [4.78, 5) is 43.9. The maximum absolute atomic E-state index is 13.9. The highest BCUT2D eigenvalue weighted by atomic mass is 16.6. The number of hydrogen-bond acceptors (Lipinski definition) is 6. The zero-order valence-corrected chi connectivity index (χ0v) is 22.5. The van der Waals surface area contributed by atoms with Gasteiger partial charge in [0.1, 0.15) is 11.7 Å². The molecule has 9 nitrogen and oxygen atoms in total. The third-order valence-electron chi connectivity index (χ3n) is 8.04. The standard InChI is InChI=1S/C30H36N4O5/c1-22-7-9-23(10-8-22)19-28-30(36)32(21-24-5-3-2-4-6-24)13-14-33(28)26-12-11-25(20-27(26)34(37)38)29(35)31-15-17-39-18-16-31/h7-14,20,24,28H,2-6,15-19,21H2,1H3/t28-/m0/s1. The molecule has 2 aliphatic heterocycles. The summed E-state index contributed by atoms with van der Waals surface area (Å²) in [6.07, 6.45) is 9.83. The molecule has 0 bridgehead atoms. The van der Waals surface area contributed by atoms with Crippen molar-refractivity contribution in [1.82, 2.24) is 9.80 Å². The van der Waals surface area contributed by atoms with Gasteiger partial charge in [0.2, 0.25) is 5.91 Å². The molecule has 0 radical (unpaired) electrons. The van der Waals surface area contributed by atoms with E-state index in [-0.39, 0.29) is 23.1 Å². The quantitative estimate of drug-likeness (QED) is 0.379. The Hall–Kier alpha value is -3.72. The maximum Gasteiger partial charge on any atom is 0.293 e. The Bertz CT molecular complexity index is 1230. The molecule has 2 aromatic carbocycles. The van der Waals surface area contributed by atoms with E-state index in [1.807, 2.05) is 31.2 Å². The van der Waals surface area contributed by atoms with Crippen LogP contribution in [0.15, 0.2) is 54.9 Å². The topological polar surface area (TPSA) is 96.2 Å². The van der Waals surface area contributed by atoms with Gasteiger partial charge >= 0.3 is 0 Å². The molecule has 2 aromatic rings. The molecular weight excluding hydrogens is 496 g/mol. The lowest BCUT2D eigenvalue weighted by Gasteiger charge is -2.38. The summed E-state index contributed by atoms with van der Waals surface area (Å²) in [5.41, 5.74) is 2.48. The normalized spacial score (nSPS) is 20.4. The van der Waals surface area contributed by atoms with Crippen molar-refractivity contribution in [3.05, 3.63) is 81.7 Å². The van der Waals surface area contributed by atoms with Gasteiger partial charge in [-0.25, -0.2) is 0 Å². The molecule has 1 atom stereocenters. The third-order valence-corrected chi connectivity index (χ3v) is 8.04. The fourth-order valence-corrected chi connectivity index (χ4v) is 5.79. The first-order valence-corrected chi connectivity index (χ1v) is 13.9. The molecule has 3 aliphatic rings. The van der Waals surface area contributed by atoms with Gasteiger partial charge in [0.25, 0.3) is 11.6 Å². The Balaban J connectivity index is 1.47. The van der Waals surface area contributed by atoms with E-state index in [4.69, 9.17) is 4.74 Å². The minimum atomic E-state index is -0.638. The van der Waals surface area contributed by atoms with Crippen molar-refractivity contribution in [3.63, 3.8) is 0 Å². The van der Waals surface area contributed by atoms with Gasteiger partial charge < -0.3 is 19.4 Å². The van der Waals surface area contributed by atoms with Gasteiger partial charge in [-0.1, -0.05) is 49.1 Å². The van der Waals surface area contributed by atoms with E-state index in [9.17, 15) is 19.7 Å². The van der Waals surface area contributed by atoms with Crippen molar-refractivity contribution in [2.24, 2.45) is 5.92 Å². The van der Waals surface area contributed by atoms with Gasteiger partial charge in [-0.15, -0.1) is 0 Å². The van der Waals surface area contributed by atoms with Crippen LogP contribution in [0.1, 0.15) is 53.6 Å². The summed E-state index contributed by atoms with van der Waals surface area (Å²) in [7, 11) is 0. The molecule has 5 rings (SSSR count). The lowest BCUT2D eigenvalue weighted by molar-refractivity contribution is -0.384. The van der Waals surface area contributed by atoms with Gasteiger partial charge in [-0.2, -0.15) is 0 Å². The van der Waals surface area contributed by atoms with Gasteiger partial charge in [0.05, 0.1) is 18.1 Å². The van der Waals surface area contributed by atoms with Crippen LogP contribution in [0.25, 0.3) is 0 Å². The van der Waals surface area contributed by atoms with Crippen LogP contribution in [0, 0.1) is 23.0 Å². The number of aryl methyl sites for hydroxylation is 1. The third kappa shape index (κ3) is 6.14. The number of nitrogens with zero attached hydrogens (tertiary/aromatic N) is 4. The lowest BCUT2D eigenvalue weighted by atomic mass is 9.88. The first-order valence-electron chi connectivity index (χ1n) is 13.9. The molecule has 2 heterocycles. The van der Waals surface area contributed by atoms with Crippen LogP contribution in [0.4, 0.5) is 11.4 Å². The number of carbonyl (C=O) groups excluding carboxylic acids is 2. The van der Waals surface area contributed by atoms with Gasteiger partial charge in [-0.3, -0.25) is 19.7 Å². The van der Waals surface area contributed by atoms with E-state index >= 15 is 0 Å². The highest BCUT2D eigenvalue weighted by molar-refractivity contribution is 5.96. The molecule has 39 heavy (non-hydrogen) atoms. The summed E-state index contributed by atoms with van der Waals surface area (Å²) in [5, 5.41) is 12.2. The smallest absolute Gasteiger partial charge is 0.293 e. The monoisotopic (exact) mass is 532 g/mol. The minimum Gasteiger partial charge on any atom is -0.378 e. The Morgan fingerprint density at radius 3 is 2.44 bits per heavy atom. The van der Waals surface area contributed by atoms with Crippen LogP contribution in [0.3, 0.4) is 0 Å². The highest BCUT2D eigenvalue weighted by Crippen LogP contribution is 2.35. The molecule has 1 saturated heterocycles. The first-order chi connectivity index (χ1) is 18.9. The molecule has 2 amide bonds. The second kappa shape index (κ2) is 12.0. The van der Waals surface area contributed by atoms with E-state index in [1.54, 1.807) is 39.2 Å². The number of hydrogen-bond donors (Lipinski definition) is 0. The van der Waals surface area contributed by atoms with E-state index in [2.05, 4.69) is 0 Å². The van der Waals surface area contributed by atoms with Crippen LogP contribution in [-0.2, 0) is 16.0 Å². The Morgan fingerprint density at radius 1 is 1.03 bits per heavy atom. The molecule has 206 valence electrons. The van der Waals surface area contributed by atoms with Crippen LogP contribution >= 0.6 is 0 Å². The summed E-state index contributed by atoms with van der Waals surface area (Å²) < 4.78 is 5.33. The van der Waals surface area contributed by atoms with Crippen molar-refractivity contribution in [3.8, 4) is 0 Å². The van der Waals surface area contributed by atoms with Crippen LogP contribution in [-0.4, -0.2) is 65.4 Å². The Kier molecular flexibility index (Phi) is 8.26. The van der Waals surface area contributed by atoms with E-state index in [0.29, 0.717) is 50.9 Å². The molecule has 0 N–H and O–H groups in total. The summed E-state index contributed by atoms with van der Waals surface area (Å²) in [6, 6.07) is 11.9. The minimum absolute atomic E-state index is 0.0635. The summed E-state index contributed by atoms with van der Waals surface area (Å²) in [6.45, 7) is 4.48. The first kappa shape index (κ1) is 26.9. The van der Waals surface area contributed by atoms with Crippen LogP contribution in [0.5, 0.6) is 0 Å². The zero-order chi connectivity index (χ0) is 27.4. The number of rotatable bonds is 7. The Morgan fingerprint density at radius 2 is 1.74 bits per heavy atom. The fourth-order valence-electron chi connectivity index (χ4n) is 5.79. The average Bonchev–Trinajstić information content (AvgIpc) is 2.96. The molecule has 0 spiro atoms. The van der Waals surface area contributed by atoms with Crippen LogP contribution in [0.2, 0.25) is 0 Å². The lowest BCUT2D eigenvalue weighted by Crippen LogP contribution is -2.51. The molecule has 9 heteroatoms. The average molecular weight is 533 g/mol. The second-order valence-electron chi connectivity index (χ2n) is 10.8. The summed E-state index contributed by atoms with van der Waals surface area (Å²) >= 11 is 0. The maximum atomic E-state index is 13.9. The number of carbonyl (C=O) groups is 2. The fraction of sp³-hybridized carbons (Fsp3) is 0.467. The number of anilines is 1. The van der Waals surface area contributed by atoms with Gasteiger partial charge in [-0.05, 0) is 43.4 Å². The van der Waals surface area contributed by atoms with Gasteiger partial charge in [0.15, 0.2) is 0 Å². The highest BCUT2D eigenvalue weighted by Gasteiger charge is 2.36. The van der Waals surface area contributed by atoms with E-state index < -0.39 is 11.0 Å². The van der Waals surface area contributed by atoms with Crippen molar-refractivity contribution < 1.29 is 19.2 Å². The largest absolute Gasteiger partial charge is 0.378 e. The van der Waals surface area contributed by atoms with Crippen molar-refractivity contribution in [2.75, 3.05) is 37.7 Å². The predicted octanol–water partition coefficient (Wildman–Crippen LogP) is 4.69. The number of benzene rings is 2. The molecule has 1 saturated carbocycles. The molecule has 0 aromatic heterocycles. The molecule has 2 fully saturated rings. The van der Waals surface area contributed by atoms with E-state index in [1.165, 1.54) is 25.3 Å². The molecular formula is C30H36N4O5. The molecule has 1 aliphatic carbocycles. The number of nitro groups is 1. The number of nitro benzene ring substituents is 1. The van der Waals surface area contributed by atoms with Crippen molar-refractivity contribution in [2.45, 2.75) is 51.5 Å². The van der Waals surface area contributed by atoms with Gasteiger partial charge in [0, 0.05) is 50.1 Å². The van der Waals surface area contributed by atoms with Crippen molar-refractivity contribution >= 4 is 23.2 Å². The SMILES string of the molecule is Cc1ccc(C[C@H]2C(=O)N(CC3CCCCC3)C=CN2c2ccc(C(=O)N3CCOCC3)cc2[N+](=O)[O-])cc1. The van der Waals surface area contributed by atoms with Crippen molar-refractivity contribution in [1.29, 1.82) is 0 Å².